The summed E-state index contributed by atoms with van der Waals surface area (Å²) in [5.74, 6) is -3.07. The molecule has 0 spiro atoms. The molecule has 90 valence electrons. The summed E-state index contributed by atoms with van der Waals surface area (Å²) >= 11 is 0. The van der Waals surface area contributed by atoms with Gasteiger partial charge in [0.05, 0.1) is 13.1 Å². The van der Waals surface area contributed by atoms with Crippen molar-refractivity contribution in [2.45, 2.75) is 13.8 Å². The van der Waals surface area contributed by atoms with Crippen molar-refractivity contribution in [1.29, 1.82) is 0 Å². The highest BCUT2D eigenvalue weighted by molar-refractivity contribution is 6.34. The molecule has 10 heteroatoms. The molecule has 0 saturated heterocycles. The minimum Gasteiger partial charge on any atom is -0.257 e. The first-order valence-electron chi connectivity index (χ1n) is 4.28. The van der Waals surface area contributed by atoms with E-state index in [2.05, 4.69) is 0 Å². The van der Waals surface area contributed by atoms with Gasteiger partial charge in [0, 0.05) is 0 Å². The Hall–Kier alpha value is -2.26. The quantitative estimate of drug-likeness (QED) is 0.351. The number of rotatable bonds is 4. The molecule has 16 heavy (non-hydrogen) atoms. The molecule has 0 aliphatic heterocycles. The Bertz CT molecular complexity index is 297. The van der Waals surface area contributed by atoms with Gasteiger partial charge in [-0.15, -0.1) is 0 Å². The van der Waals surface area contributed by atoms with Gasteiger partial charge in [-0.2, -0.15) is 0 Å². The topological polar surface area (TPSA) is 127 Å². The molecule has 0 heterocycles. The van der Waals surface area contributed by atoms with Crippen molar-refractivity contribution in [3.8, 4) is 0 Å². The van der Waals surface area contributed by atoms with Crippen molar-refractivity contribution in [3.63, 3.8) is 0 Å². The summed E-state index contributed by atoms with van der Waals surface area (Å²) in [5, 5.41) is 18.5. The monoisotopic (exact) mass is 234 g/mol. The molecule has 2 amide bonds. The van der Waals surface area contributed by atoms with E-state index in [1.807, 2.05) is 0 Å². The van der Waals surface area contributed by atoms with Crippen molar-refractivity contribution in [2.75, 3.05) is 13.1 Å². The van der Waals surface area contributed by atoms with Crippen molar-refractivity contribution >= 4 is 11.8 Å². The summed E-state index contributed by atoms with van der Waals surface area (Å²) in [6.07, 6.45) is 0. The minimum atomic E-state index is -1.54. The van der Waals surface area contributed by atoms with Crippen LogP contribution in [0.2, 0.25) is 0 Å². The standard InChI is InChI=1S/C6H10N4O6/c1-3-7(9(13)14)5(11)6(12)8(4-2)10(15)16/h3-4H2,1-2H3. The molecular weight excluding hydrogens is 224 g/mol. The Kier molecular flexibility index (Phi) is 4.79. The first-order valence-corrected chi connectivity index (χ1v) is 4.28. The molecule has 0 bridgehead atoms. The number of hydrogen-bond donors (Lipinski definition) is 0. The second-order valence-electron chi connectivity index (χ2n) is 2.52. The fourth-order valence-electron chi connectivity index (χ4n) is 0.887. The third-order valence-corrected chi connectivity index (χ3v) is 1.65. The molecule has 0 aromatic rings. The Morgan fingerprint density at radius 3 is 1.31 bits per heavy atom. The molecule has 0 aromatic carbocycles. The molecule has 0 radical (unpaired) electrons. The number of hydrogen-bond acceptors (Lipinski definition) is 6. The first-order chi connectivity index (χ1) is 7.36. The number of hydrazine groups is 2. The lowest BCUT2D eigenvalue weighted by Crippen LogP contribution is -2.49. The van der Waals surface area contributed by atoms with Crippen LogP contribution >= 0.6 is 0 Å². The second kappa shape index (κ2) is 5.58. The number of amides is 2. The lowest BCUT2D eigenvalue weighted by Gasteiger charge is -2.12. The Balaban J connectivity index is 4.90. The Morgan fingerprint density at radius 2 is 1.19 bits per heavy atom. The van der Waals surface area contributed by atoms with Gasteiger partial charge < -0.3 is 0 Å². The van der Waals surface area contributed by atoms with E-state index in [4.69, 9.17) is 0 Å². The van der Waals surface area contributed by atoms with E-state index in [0.717, 1.165) is 0 Å². The van der Waals surface area contributed by atoms with Crippen LogP contribution in [0.25, 0.3) is 0 Å². The summed E-state index contributed by atoms with van der Waals surface area (Å²) in [6, 6.07) is 0. The number of nitro groups is 2. The van der Waals surface area contributed by atoms with Gasteiger partial charge in [0.1, 0.15) is 0 Å². The van der Waals surface area contributed by atoms with Gasteiger partial charge in [0.25, 0.3) is 0 Å². The summed E-state index contributed by atoms with van der Waals surface area (Å²) < 4.78 is 0. The van der Waals surface area contributed by atoms with Crippen molar-refractivity contribution in [2.24, 2.45) is 0 Å². The van der Waals surface area contributed by atoms with Crippen LogP contribution in [-0.2, 0) is 9.59 Å². The summed E-state index contributed by atoms with van der Waals surface area (Å²) in [7, 11) is 0. The number of likely N-dealkylation sites (N-methyl/N-ethyl adjacent to an activating group) is 2. The van der Waals surface area contributed by atoms with E-state index in [9.17, 15) is 29.8 Å². The lowest BCUT2D eigenvalue weighted by molar-refractivity contribution is -0.641. The summed E-state index contributed by atoms with van der Waals surface area (Å²) in [5.41, 5.74) is 0. The van der Waals surface area contributed by atoms with Crippen LogP contribution in [0, 0.1) is 20.2 Å². The van der Waals surface area contributed by atoms with E-state index in [-0.39, 0.29) is 23.1 Å². The first kappa shape index (κ1) is 13.7. The molecule has 0 aliphatic rings. The third-order valence-electron chi connectivity index (χ3n) is 1.65. The normalized spacial score (nSPS) is 9.38. The van der Waals surface area contributed by atoms with Gasteiger partial charge in [0.2, 0.25) is 0 Å². The average molecular weight is 234 g/mol. The highest BCUT2D eigenvalue weighted by atomic mass is 16.7. The smallest absolute Gasteiger partial charge is 0.257 e. The molecular formula is C6H10N4O6. The highest BCUT2D eigenvalue weighted by Gasteiger charge is 2.37. The predicted molar refractivity (Wildman–Crippen MR) is 48.8 cm³/mol. The minimum absolute atomic E-state index is 0.00843. The maximum Gasteiger partial charge on any atom is 0.376 e. The molecule has 0 saturated carbocycles. The van der Waals surface area contributed by atoms with Crippen LogP contribution in [-0.4, -0.2) is 45.0 Å². The molecule has 0 unspecified atom stereocenters. The van der Waals surface area contributed by atoms with Gasteiger partial charge in [-0.3, -0.25) is 9.59 Å². The van der Waals surface area contributed by atoms with Gasteiger partial charge in [-0.25, -0.2) is 20.2 Å². The molecule has 0 aromatic heterocycles. The van der Waals surface area contributed by atoms with E-state index in [1.165, 1.54) is 13.8 Å². The van der Waals surface area contributed by atoms with Crippen molar-refractivity contribution < 1.29 is 19.7 Å². The van der Waals surface area contributed by atoms with Crippen molar-refractivity contribution in [1.82, 2.24) is 10.0 Å². The Morgan fingerprint density at radius 1 is 0.938 bits per heavy atom. The predicted octanol–water partition coefficient (Wildman–Crippen LogP) is -0.933. The molecule has 10 nitrogen and oxygen atoms in total. The zero-order valence-corrected chi connectivity index (χ0v) is 8.65. The maximum absolute atomic E-state index is 11.2. The summed E-state index contributed by atoms with van der Waals surface area (Å²) in [4.78, 5) is 43.1. The fraction of sp³-hybridized carbons (Fsp3) is 0.667. The van der Waals surface area contributed by atoms with Gasteiger partial charge in [-0.05, 0) is 13.8 Å². The summed E-state index contributed by atoms with van der Waals surface area (Å²) in [6.45, 7) is 1.84. The molecule has 0 aliphatic carbocycles. The van der Waals surface area contributed by atoms with Crippen LogP contribution in [0.15, 0.2) is 0 Å². The molecule has 0 atom stereocenters. The number of nitrogens with zero attached hydrogens (tertiary/aromatic N) is 4. The number of carbonyl (C=O) groups excluding carboxylic acids is 2. The zero-order valence-electron chi connectivity index (χ0n) is 8.65. The largest absolute Gasteiger partial charge is 0.376 e. The molecule has 0 rings (SSSR count). The second-order valence-corrected chi connectivity index (χ2v) is 2.52. The van der Waals surface area contributed by atoms with Gasteiger partial charge >= 0.3 is 11.8 Å². The molecule has 0 fully saturated rings. The average Bonchev–Trinajstić information content (AvgIpc) is 2.18. The molecule has 0 N–H and O–H groups in total. The number of carbonyl (C=O) groups is 2. The maximum atomic E-state index is 11.2. The Labute approximate surface area is 89.7 Å². The third kappa shape index (κ3) is 2.87. The van der Waals surface area contributed by atoms with Crippen LogP contribution < -0.4 is 0 Å². The van der Waals surface area contributed by atoms with Crippen LogP contribution in [0.4, 0.5) is 0 Å². The lowest BCUT2D eigenvalue weighted by atomic mass is 10.5. The van der Waals surface area contributed by atoms with Crippen LogP contribution in [0.5, 0.6) is 0 Å². The van der Waals surface area contributed by atoms with E-state index in [0.29, 0.717) is 0 Å². The van der Waals surface area contributed by atoms with Gasteiger partial charge in [-0.1, -0.05) is 10.0 Å². The fourth-order valence-corrected chi connectivity index (χ4v) is 0.887. The van der Waals surface area contributed by atoms with Crippen molar-refractivity contribution in [3.05, 3.63) is 20.2 Å². The van der Waals surface area contributed by atoms with Gasteiger partial charge in [0.15, 0.2) is 10.1 Å². The van der Waals surface area contributed by atoms with Crippen LogP contribution in [0.3, 0.4) is 0 Å². The SMILES string of the molecule is CCN(C(=O)C(=O)N(CC)[N+](=O)[O-])[N+](=O)[O-]. The highest BCUT2D eigenvalue weighted by Crippen LogP contribution is 1.97. The zero-order chi connectivity index (χ0) is 12.9. The van der Waals surface area contributed by atoms with E-state index < -0.39 is 21.9 Å². The van der Waals surface area contributed by atoms with E-state index >= 15 is 0 Å². The van der Waals surface area contributed by atoms with Crippen LogP contribution in [0.1, 0.15) is 13.8 Å². The van der Waals surface area contributed by atoms with E-state index in [1.54, 1.807) is 0 Å².